The van der Waals surface area contributed by atoms with Gasteiger partial charge < -0.3 is 10.1 Å². The average molecular weight is 422 g/mol. The Morgan fingerprint density at radius 2 is 1.90 bits per heavy atom. The van der Waals surface area contributed by atoms with Gasteiger partial charge in [0.05, 0.1) is 11.5 Å². The standard InChI is InChI=1S/C22H22N4O5/c1-14-8-9-20(15(2)12-14)31-11-10-23-22(28)21-19(27)13-16(3)25(24-21)17-6-4-5-7-18(17)26(29)30/h4-9,12-13H,10-11H2,1-3H3,(H,23,28). The number of nitrogens with zero attached hydrogens (tertiary/aromatic N) is 3. The van der Waals surface area contributed by atoms with E-state index in [2.05, 4.69) is 10.4 Å². The van der Waals surface area contributed by atoms with Crippen molar-refractivity contribution < 1.29 is 14.5 Å². The van der Waals surface area contributed by atoms with E-state index in [0.29, 0.717) is 11.4 Å². The summed E-state index contributed by atoms with van der Waals surface area (Å²) >= 11 is 0. The second kappa shape index (κ2) is 9.21. The molecule has 3 rings (SSSR count). The lowest BCUT2D eigenvalue weighted by molar-refractivity contribution is -0.384. The number of nitrogens with one attached hydrogen (secondary N) is 1. The summed E-state index contributed by atoms with van der Waals surface area (Å²) in [5.74, 6) is 0.0358. The van der Waals surface area contributed by atoms with Gasteiger partial charge in [0.1, 0.15) is 18.0 Å². The summed E-state index contributed by atoms with van der Waals surface area (Å²) < 4.78 is 6.89. The van der Waals surface area contributed by atoms with Gasteiger partial charge in [-0.3, -0.25) is 19.7 Å². The van der Waals surface area contributed by atoms with Crippen molar-refractivity contribution >= 4 is 11.6 Å². The number of carbonyl (C=O) groups is 1. The minimum atomic E-state index is -0.679. The summed E-state index contributed by atoms with van der Waals surface area (Å²) in [6.07, 6.45) is 0. The third kappa shape index (κ3) is 4.95. The first-order chi connectivity index (χ1) is 14.8. The zero-order valence-corrected chi connectivity index (χ0v) is 17.4. The molecule has 160 valence electrons. The molecule has 0 aliphatic heterocycles. The van der Waals surface area contributed by atoms with E-state index in [-0.39, 0.29) is 30.2 Å². The van der Waals surface area contributed by atoms with Gasteiger partial charge in [-0.15, -0.1) is 0 Å². The van der Waals surface area contributed by atoms with E-state index in [1.54, 1.807) is 13.0 Å². The Labute approximate surface area is 178 Å². The predicted octanol–water partition coefficient (Wildman–Crippen LogP) is 2.87. The number of amides is 1. The molecular weight excluding hydrogens is 400 g/mol. The summed E-state index contributed by atoms with van der Waals surface area (Å²) in [4.78, 5) is 35.6. The molecule has 0 fully saturated rings. The molecule has 0 saturated heterocycles. The van der Waals surface area contributed by atoms with Crippen LogP contribution in [0.5, 0.6) is 5.75 Å². The van der Waals surface area contributed by atoms with Gasteiger partial charge in [-0.2, -0.15) is 5.10 Å². The number of aryl methyl sites for hydroxylation is 3. The Morgan fingerprint density at radius 3 is 2.61 bits per heavy atom. The molecule has 3 aromatic rings. The minimum absolute atomic E-state index is 0.159. The lowest BCUT2D eigenvalue weighted by Gasteiger charge is -2.12. The van der Waals surface area contributed by atoms with Gasteiger partial charge in [0, 0.05) is 17.8 Å². The lowest BCUT2D eigenvalue weighted by Crippen LogP contribution is -2.34. The van der Waals surface area contributed by atoms with E-state index < -0.39 is 16.3 Å². The molecule has 2 aromatic carbocycles. The van der Waals surface area contributed by atoms with Crippen molar-refractivity contribution in [2.75, 3.05) is 13.2 Å². The Bertz CT molecular complexity index is 1200. The normalized spacial score (nSPS) is 10.5. The number of aromatic nitrogens is 2. The van der Waals surface area contributed by atoms with Crippen LogP contribution in [0.4, 0.5) is 5.69 Å². The Hall–Kier alpha value is -4.01. The van der Waals surface area contributed by atoms with E-state index >= 15 is 0 Å². The predicted molar refractivity (Wildman–Crippen MR) is 115 cm³/mol. The fourth-order valence-electron chi connectivity index (χ4n) is 3.12. The largest absolute Gasteiger partial charge is 0.491 e. The molecule has 0 saturated carbocycles. The number of nitro benzene ring substituents is 1. The number of benzene rings is 2. The van der Waals surface area contributed by atoms with Crippen LogP contribution in [0.3, 0.4) is 0 Å². The van der Waals surface area contributed by atoms with Crippen LogP contribution in [0.1, 0.15) is 27.3 Å². The van der Waals surface area contributed by atoms with Gasteiger partial charge in [-0.1, -0.05) is 29.8 Å². The topological polar surface area (TPSA) is 116 Å². The van der Waals surface area contributed by atoms with Gasteiger partial charge in [0.2, 0.25) is 5.43 Å². The zero-order valence-electron chi connectivity index (χ0n) is 17.4. The monoisotopic (exact) mass is 422 g/mol. The second-order valence-corrected chi connectivity index (χ2v) is 7.03. The number of rotatable bonds is 7. The molecule has 0 atom stereocenters. The number of hydrogen-bond acceptors (Lipinski definition) is 6. The van der Waals surface area contributed by atoms with Crippen molar-refractivity contribution in [1.82, 2.24) is 15.1 Å². The molecule has 0 bridgehead atoms. The first kappa shape index (κ1) is 21.7. The van der Waals surface area contributed by atoms with Crippen molar-refractivity contribution in [3.05, 3.63) is 91.4 Å². The van der Waals surface area contributed by atoms with Crippen LogP contribution >= 0.6 is 0 Å². The highest BCUT2D eigenvalue weighted by Crippen LogP contribution is 2.22. The summed E-state index contributed by atoms with van der Waals surface area (Å²) in [5, 5.41) is 18.0. The highest BCUT2D eigenvalue weighted by Gasteiger charge is 2.20. The van der Waals surface area contributed by atoms with E-state index in [4.69, 9.17) is 4.74 Å². The van der Waals surface area contributed by atoms with Crippen LogP contribution < -0.4 is 15.5 Å². The number of carbonyl (C=O) groups excluding carboxylic acids is 1. The molecule has 9 heteroatoms. The van der Waals surface area contributed by atoms with Crippen molar-refractivity contribution in [3.8, 4) is 11.4 Å². The molecule has 31 heavy (non-hydrogen) atoms. The Morgan fingerprint density at radius 1 is 1.16 bits per heavy atom. The fraction of sp³-hybridized carbons (Fsp3) is 0.227. The van der Waals surface area contributed by atoms with Crippen molar-refractivity contribution in [2.45, 2.75) is 20.8 Å². The Balaban J connectivity index is 1.75. The maximum Gasteiger partial charge on any atom is 0.294 e. The van der Waals surface area contributed by atoms with Gasteiger partial charge in [-0.25, -0.2) is 4.68 Å². The van der Waals surface area contributed by atoms with Crippen LogP contribution in [-0.4, -0.2) is 33.8 Å². The third-order valence-electron chi connectivity index (χ3n) is 4.60. The first-order valence-electron chi connectivity index (χ1n) is 9.61. The molecule has 1 amide bonds. The number of hydrogen-bond donors (Lipinski definition) is 1. The van der Waals surface area contributed by atoms with Gasteiger partial charge in [0.15, 0.2) is 5.69 Å². The molecule has 0 aliphatic carbocycles. The molecule has 0 radical (unpaired) electrons. The van der Waals surface area contributed by atoms with E-state index in [0.717, 1.165) is 11.1 Å². The fourth-order valence-corrected chi connectivity index (χ4v) is 3.12. The average Bonchev–Trinajstić information content (AvgIpc) is 2.72. The van der Waals surface area contributed by atoms with E-state index in [1.165, 1.54) is 28.9 Å². The first-order valence-corrected chi connectivity index (χ1v) is 9.61. The maximum absolute atomic E-state index is 12.5. The van der Waals surface area contributed by atoms with E-state index in [1.807, 2.05) is 32.0 Å². The molecule has 9 nitrogen and oxygen atoms in total. The van der Waals surface area contributed by atoms with Crippen molar-refractivity contribution in [2.24, 2.45) is 0 Å². The summed E-state index contributed by atoms with van der Waals surface area (Å²) in [6, 6.07) is 13.0. The SMILES string of the molecule is Cc1ccc(OCCNC(=O)c2nn(-c3ccccc3[N+](=O)[O-])c(C)cc2=O)c(C)c1. The summed E-state index contributed by atoms with van der Waals surface area (Å²) in [5.41, 5.74) is 1.54. The lowest BCUT2D eigenvalue weighted by atomic mass is 10.1. The third-order valence-corrected chi connectivity index (χ3v) is 4.60. The summed E-state index contributed by atoms with van der Waals surface area (Å²) in [7, 11) is 0. The molecule has 1 N–H and O–H groups in total. The second-order valence-electron chi connectivity index (χ2n) is 7.03. The maximum atomic E-state index is 12.5. The summed E-state index contributed by atoms with van der Waals surface area (Å²) in [6.45, 7) is 5.88. The van der Waals surface area contributed by atoms with Crippen LogP contribution in [0.2, 0.25) is 0 Å². The van der Waals surface area contributed by atoms with Crippen molar-refractivity contribution in [1.29, 1.82) is 0 Å². The number of para-hydroxylation sites is 2. The van der Waals surface area contributed by atoms with E-state index in [9.17, 15) is 19.7 Å². The smallest absolute Gasteiger partial charge is 0.294 e. The molecule has 1 aromatic heterocycles. The minimum Gasteiger partial charge on any atom is -0.491 e. The zero-order chi connectivity index (χ0) is 22.5. The Kier molecular flexibility index (Phi) is 6.44. The number of nitro groups is 1. The van der Waals surface area contributed by atoms with Crippen molar-refractivity contribution in [3.63, 3.8) is 0 Å². The van der Waals surface area contributed by atoms with Crippen LogP contribution in [0.25, 0.3) is 5.69 Å². The van der Waals surface area contributed by atoms with Crippen LogP contribution in [-0.2, 0) is 0 Å². The van der Waals surface area contributed by atoms with Gasteiger partial charge >= 0.3 is 0 Å². The van der Waals surface area contributed by atoms with Crippen LogP contribution in [0.15, 0.2) is 53.3 Å². The molecule has 1 heterocycles. The highest BCUT2D eigenvalue weighted by atomic mass is 16.6. The molecule has 0 aliphatic rings. The molecular formula is C22H22N4O5. The number of ether oxygens (including phenoxy) is 1. The molecule has 0 unspecified atom stereocenters. The molecule has 0 spiro atoms. The van der Waals surface area contributed by atoms with Gasteiger partial charge in [0.25, 0.3) is 11.6 Å². The quantitative estimate of drug-likeness (QED) is 0.356. The van der Waals surface area contributed by atoms with Gasteiger partial charge in [-0.05, 0) is 38.5 Å². The van der Waals surface area contributed by atoms with Crippen LogP contribution in [0, 0.1) is 30.9 Å². The highest BCUT2D eigenvalue weighted by molar-refractivity contribution is 5.92.